The lowest BCUT2D eigenvalue weighted by atomic mass is 10.1. The molecule has 2 radical (unpaired) electrons. The second kappa shape index (κ2) is 6.92. The van der Waals surface area contributed by atoms with Crippen LogP contribution in [0.5, 0.6) is 0 Å². The van der Waals surface area contributed by atoms with Gasteiger partial charge in [-0.05, 0) is 51.2 Å². The van der Waals surface area contributed by atoms with Gasteiger partial charge in [0.2, 0.25) is 0 Å². The molecule has 0 amide bonds. The van der Waals surface area contributed by atoms with Crippen molar-refractivity contribution in [2.45, 2.75) is 39.0 Å². The Morgan fingerprint density at radius 2 is 2.00 bits per heavy atom. The highest BCUT2D eigenvalue weighted by Crippen LogP contribution is 2.38. The van der Waals surface area contributed by atoms with Crippen molar-refractivity contribution < 1.29 is 0 Å². The predicted molar refractivity (Wildman–Crippen MR) is 88.6 cm³/mol. The Labute approximate surface area is 127 Å². The lowest BCUT2D eigenvalue weighted by Crippen LogP contribution is -1.89. The first-order chi connectivity index (χ1) is 8.70. The number of unbranched alkanes of at least 4 members (excludes halogenated alkanes) is 3. The fraction of sp³-hybridized carbons (Fsp3) is 0.429. The predicted octanol–water partition coefficient (Wildman–Crippen LogP) is 5.16. The van der Waals surface area contributed by atoms with Crippen LogP contribution in [-0.2, 0) is 6.42 Å². The van der Waals surface area contributed by atoms with Gasteiger partial charge in [-0.25, -0.2) is 0 Å². The Hall–Kier alpha value is -0.0551. The summed E-state index contributed by atoms with van der Waals surface area (Å²) in [6.07, 6.45) is 6.42. The molecule has 2 heterocycles. The summed E-state index contributed by atoms with van der Waals surface area (Å²) in [5.41, 5.74) is 1.46. The van der Waals surface area contributed by atoms with Gasteiger partial charge in [-0.3, -0.25) is 0 Å². The quantitative estimate of drug-likeness (QED) is 0.504. The van der Waals surface area contributed by atoms with Crippen LogP contribution in [0.15, 0.2) is 22.0 Å². The van der Waals surface area contributed by atoms with Crippen LogP contribution in [0.25, 0.3) is 9.75 Å². The molecule has 94 valence electrons. The highest BCUT2D eigenvalue weighted by Gasteiger charge is 2.11. The van der Waals surface area contributed by atoms with Crippen LogP contribution < -0.4 is 4.78 Å². The van der Waals surface area contributed by atoms with E-state index in [1.165, 1.54) is 51.2 Å². The summed E-state index contributed by atoms with van der Waals surface area (Å²) in [4.78, 5) is 2.69. The zero-order valence-electron chi connectivity index (χ0n) is 10.5. The molecule has 0 aliphatic carbocycles. The first kappa shape index (κ1) is 14.4. The number of hydrogen-bond acceptors (Lipinski definition) is 2. The normalized spacial score (nSPS) is 11.0. The lowest BCUT2D eigenvalue weighted by molar-refractivity contribution is 0.668. The molecule has 2 aromatic heterocycles. The molecule has 0 fully saturated rings. The Morgan fingerprint density at radius 1 is 1.17 bits per heavy atom. The van der Waals surface area contributed by atoms with E-state index in [9.17, 15) is 0 Å². The highest BCUT2D eigenvalue weighted by atomic mass is 79.9. The second-order valence-electron chi connectivity index (χ2n) is 4.42. The fourth-order valence-electron chi connectivity index (χ4n) is 2.01. The molecule has 0 unspecified atom stereocenters. The maximum Gasteiger partial charge on any atom is 0.128 e. The fourth-order valence-corrected chi connectivity index (χ4v) is 4.63. The Balaban J connectivity index is 2.10. The third-order valence-corrected chi connectivity index (χ3v) is 5.70. The summed E-state index contributed by atoms with van der Waals surface area (Å²) in [6.45, 7) is 2.25. The topological polar surface area (TPSA) is 0 Å². The average Bonchev–Trinajstić information content (AvgIpc) is 2.91. The number of aryl methyl sites for hydroxylation is 1. The van der Waals surface area contributed by atoms with Gasteiger partial charge in [-0.1, -0.05) is 32.3 Å². The van der Waals surface area contributed by atoms with Crippen LogP contribution in [0.3, 0.4) is 0 Å². The van der Waals surface area contributed by atoms with Gasteiger partial charge < -0.3 is 0 Å². The maximum atomic E-state index is 5.82. The van der Waals surface area contributed by atoms with Gasteiger partial charge in [-0.15, -0.1) is 11.3 Å². The van der Waals surface area contributed by atoms with Crippen molar-refractivity contribution in [1.29, 1.82) is 0 Å². The first-order valence-electron chi connectivity index (χ1n) is 6.34. The number of hydrogen-bond donors (Lipinski definition) is 0. The molecule has 0 N–H and O–H groups in total. The third kappa shape index (κ3) is 3.72. The molecular formula is C14H16BBrS2. The van der Waals surface area contributed by atoms with E-state index < -0.39 is 0 Å². The largest absolute Gasteiger partial charge is 0.151 e. The molecule has 0 bridgehead atoms. The Morgan fingerprint density at radius 3 is 2.67 bits per heavy atom. The van der Waals surface area contributed by atoms with Gasteiger partial charge in [0.1, 0.15) is 7.85 Å². The van der Waals surface area contributed by atoms with Gasteiger partial charge >= 0.3 is 0 Å². The molecular weight excluding hydrogens is 323 g/mol. The number of halogens is 1. The molecule has 2 aromatic rings. The minimum Gasteiger partial charge on any atom is -0.151 e. The van der Waals surface area contributed by atoms with Crippen LogP contribution in [-0.4, -0.2) is 7.85 Å². The van der Waals surface area contributed by atoms with Crippen molar-refractivity contribution in [3.05, 3.63) is 27.5 Å². The standard InChI is InChI=1S/C14H16BBrS2/c1-2-3-4-5-6-10-9-13(16)18-14(10)11-7-8-12(15)17-11/h7-9H,2-6H2,1H3. The molecule has 18 heavy (non-hydrogen) atoms. The summed E-state index contributed by atoms with van der Waals surface area (Å²) < 4.78 is 2.11. The van der Waals surface area contributed by atoms with Crippen molar-refractivity contribution in [3.63, 3.8) is 0 Å². The number of thiophene rings is 2. The zero-order valence-corrected chi connectivity index (χ0v) is 13.8. The lowest BCUT2D eigenvalue weighted by Gasteiger charge is -2.01. The van der Waals surface area contributed by atoms with E-state index >= 15 is 0 Å². The molecule has 4 heteroatoms. The second-order valence-corrected chi connectivity index (χ2v) is 7.96. The molecule has 0 saturated carbocycles. The van der Waals surface area contributed by atoms with E-state index in [0.29, 0.717) is 0 Å². The Kier molecular flexibility index (Phi) is 5.52. The zero-order chi connectivity index (χ0) is 13.0. The summed E-state index contributed by atoms with van der Waals surface area (Å²) >= 11 is 7.10. The van der Waals surface area contributed by atoms with E-state index in [1.54, 1.807) is 11.3 Å². The molecule has 0 aromatic carbocycles. The van der Waals surface area contributed by atoms with Crippen molar-refractivity contribution in [2.24, 2.45) is 0 Å². The van der Waals surface area contributed by atoms with Gasteiger partial charge in [-0.2, -0.15) is 11.3 Å². The SMILES string of the molecule is [B]c1ccc(-c2sc(Br)cc2CCCCCC)s1. The van der Waals surface area contributed by atoms with Crippen molar-refractivity contribution in [2.75, 3.05) is 0 Å². The van der Waals surface area contributed by atoms with E-state index in [0.717, 1.165) is 4.78 Å². The monoisotopic (exact) mass is 338 g/mol. The Bertz CT molecular complexity index is 502. The summed E-state index contributed by atoms with van der Waals surface area (Å²) in [7, 11) is 5.82. The maximum absolute atomic E-state index is 5.82. The van der Waals surface area contributed by atoms with Gasteiger partial charge in [0, 0.05) is 9.75 Å². The van der Waals surface area contributed by atoms with E-state index in [2.05, 4.69) is 35.0 Å². The van der Waals surface area contributed by atoms with Crippen molar-refractivity contribution in [1.82, 2.24) is 0 Å². The van der Waals surface area contributed by atoms with Crippen molar-refractivity contribution >= 4 is 51.2 Å². The van der Waals surface area contributed by atoms with Crippen LogP contribution in [0.1, 0.15) is 38.2 Å². The summed E-state index contributed by atoms with van der Waals surface area (Å²) in [5, 5.41) is 0. The van der Waals surface area contributed by atoms with Crippen LogP contribution in [0.2, 0.25) is 0 Å². The van der Waals surface area contributed by atoms with E-state index in [-0.39, 0.29) is 0 Å². The van der Waals surface area contributed by atoms with E-state index in [4.69, 9.17) is 7.85 Å². The molecule has 0 nitrogen and oxygen atoms in total. The summed E-state index contributed by atoms with van der Waals surface area (Å²) in [5.74, 6) is 0. The smallest absolute Gasteiger partial charge is 0.128 e. The molecule has 0 aliphatic heterocycles. The third-order valence-electron chi connectivity index (χ3n) is 2.93. The highest BCUT2D eigenvalue weighted by molar-refractivity contribution is 9.11. The molecule has 0 saturated heterocycles. The number of rotatable bonds is 6. The van der Waals surface area contributed by atoms with Crippen LogP contribution in [0, 0.1) is 0 Å². The van der Waals surface area contributed by atoms with Gasteiger partial charge in [0.05, 0.1) is 3.79 Å². The van der Waals surface area contributed by atoms with Gasteiger partial charge in [0.25, 0.3) is 0 Å². The molecule has 0 spiro atoms. The van der Waals surface area contributed by atoms with Gasteiger partial charge in [0.15, 0.2) is 0 Å². The summed E-state index contributed by atoms with van der Waals surface area (Å²) in [6, 6.07) is 6.39. The minimum atomic E-state index is 0.895. The van der Waals surface area contributed by atoms with Crippen LogP contribution >= 0.6 is 38.6 Å². The molecule has 2 rings (SSSR count). The first-order valence-corrected chi connectivity index (χ1v) is 8.77. The minimum absolute atomic E-state index is 0.895. The van der Waals surface area contributed by atoms with Crippen LogP contribution in [0.4, 0.5) is 0 Å². The van der Waals surface area contributed by atoms with E-state index in [1.807, 2.05) is 17.4 Å². The average molecular weight is 339 g/mol. The molecule has 0 atom stereocenters. The molecule has 0 aliphatic rings. The van der Waals surface area contributed by atoms with Crippen molar-refractivity contribution in [3.8, 4) is 9.75 Å².